The van der Waals surface area contributed by atoms with Crippen LogP contribution in [0.5, 0.6) is 0 Å². The molecule has 1 saturated heterocycles. The highest BCUT2D eigenvalue weighted by Crippen LogP contribution is 2.29. The number of nitrogens with zero attached hydrogens (tertiary/aromatic N) is 1. The van der Waals surface area contributed by atoms with E-state index in [9.17, 15) is 22.8 Å². The lowest BCUT2D eigenvalue weighted by atomic mass is 10.1. The number of hydrogen-bond donors (Lipinski definition) is 0. The van der Waals surface area contributed by atoms with Crippen LogP contribution in [0.3, 0.4) is 0 Å². The summed E-state index contributed by atoms with van der Waals surface area (Å²) in [6.07, 6.45) is -2.18. The molecular formula is C18H20F3NO4. The molecule has 8 heteroatoms. The summed E-state index contributed by atoms with van der Waals surface area (Å²) < 4.78 is 47.8. The van der Waals surface area contributed by atoms with Gasteiger partial charge in [-0.15, -0.1) is 0 Å². The normalized spacial score (nSPS) is 21.0. The van der Waals surface area contributed by atoms with Crippen LogP contribution in [0.4, 0.5) is 13.2 Å². The molecule has 5 nitrogen and oxygen atoms in total. The first kappa shape index (κ1) is 20.0. The van der Waals surface area contributed by atoms with Crippen LogP contribution in [-0.2, 0) is 25.2 Å². The highest BCUT2D eigenvalue weighted by molar-refractivity contribution is 5.89. The Hall–Kier alpha value is -2.35. The first-order valence-corrected chi connectivity index (χ1v) is 8.10. The number of halogens is 3. The Kier molecular flexibility index (Phi) is 6.42. The third-order valence-electron chi connectivity index (χ3n) is 3.76. The van der Waals surface area contributed by atoms with E-state index < -0.39 is 24.3 Å². The summed E-state index contributed by atoms with van der Waals surface area (Å²) >= 11 is 0. The lowest BCUT2D eigenvalue weighted by Gasteiger charge is -2.35. The highest BCUT2D eigenvalue weighted by Gasteiger charge is 2.30. The van der Waals surface area contributed by atoms with E-state index in [1.54, 1.807) is 4.90 Å². The van der Waals surface area contributed by atoms with Crippen LogP contribution in [0.25, 0.3) is 6.08 Å². The minimum absolute atomic E-state index is 0.0852. The second-order valence-electron chi connectivity index (χ2n) is 6.12. The molecule has 0 unspecified atom stereocenters. The van der Waals surface area contributed by atoms with Gasteiger partial charge in [-0.1, -0.05) is 12.1 Å². The molecule has 1 aliphatic rings. The second kappa shape index (κ2) is 8.35. The van der Waals surface area contributed by atoms with E-state index in [4.69, 9.17) is 9.47 Å². The van der Waals surface area contributed by atoms with Gasteiger partial charge < -0.3 is 14.4 Å². The van der Waals surface area contributed by atoms with Gasteiger partial charge in [0.05, 0.1) is 17.8 Å². The average molecular weight is 371 g/mol. The summed E-state index contributed by atoms with van der Waals surface area (Å²) in [5.74, 6) is -1.06. The zero-order valence-electron chi connectivity index (χ0n) is 14.5. The fourth-order valence-electron chi connectivity index (χ4n) is 2.60. The third-order valence-corrected chi connectivity index (χ3v) is 3.76. The van der Waals surface area contributed by atoms with Gasteiger partial charge in [0.1, 0.15) is 0 Å². The minimum Gasteiger partial charge on any atom is -0.452 e. The smallest absolute Gasteiger partial charge is 0.416 e. The predicted octanol–water partition coefficient (Wildman–Crippen LogP) is 2.90. The van der Waals surface area contributed by atoms with E-state index in [0.29, 0.717) is 18.7 Å². The average Bonchev–Trinajstić information content (AvgIpc) is 2.56. The van der Waals surface area contributed by atoms with Crippen LogP contribution < -0.4 is 0 Å². The molecule has 1 heterocycles. The van der Waals surface area contributed by atoms with Crippen molar-refractivity contribution >= 4 is 18.0 Å². The molecule has 0 spiro atoms. The molecule has 1 aromatic rings. The number of hydrogen-bond acceptors (Lipinski definition) is 4. The van der Waals surface area contributed by atoms with Gasteiger partial charge in [-0.05, 0) is 37.6 Å². The topological polar surface area (TPSA) is 55.8 Å². The number of carbonyl (C=O) groups excluding carboxylic acids is 2. The number of esters is 1. The van der Waals surface area contributed by atoms with E-state index in [1.807, 2.05) is 13.8 Å². The van der Waals surface area contributed by atoms with Crippen LogP contribution >= 0.6 is 0 Å². The Morgan fingerprint density at radius 1 is 1.19 bits per heavy atom. The van der Waals surface area contributed by atoms with E-state index >= 15 is 0 Å². The summed E-state index contributed by atoms with van der Waals surface area (Å²) in [7, 11) is 0. The molecular weight excluding hydrogens is 351 g/mol. The molecule has 2 atom stereocenters. The first-order valence-electron chi connectivity index (χ1n) is 8.10. The Morgan fingerprint density at radius 3 is 2.31 bits per heavy atom. The molecule has 142 valence electrons. The SMILES string of the molecule is C[C@@H]1CN(C(=O)COC(=O)/C=C/c2ccc(C(F)(F)F)cc2)C[C@@H](C)O1. The minimum atomic E-state index is -4.41. The molecule has 1 amide bonds. The third kappa shape index (κ3) is 5.87. The number of carbonyl (C=O) groups is 2. The van der Waals surface area contributed by atoms with E-state index in [-0.39, 0.29) is 18.1 Å². The van der Waals surface area contributed by atoms with Crippen molar-refractivity contribution in [2.45, 2.75) is 32.2 Å². The molecule has 0 saturated carbocycles. The molecule has 0 aliphatic carbocycles. The number of ether oxygens (including phenoxy) is 2. The quantitative estimate of drug-likeness (QED) is 0.603. The van der Waals surface area contributed by atoms with Crippen LogP contribution in [0, 0.1) is 0 Å². The second-order valence-corrected chi connectivity index (χ2v) is 6.12. The standard InChI is InChI=1S/C18H20F3NO4/c1-12-9-22(10-13(2)26-12)16(23)11-25-17(24)8-5-14-3-6-15(7-4-14)18(19,20)21/h3-8,12-13H,9-11H2,1-2H3/b8-5+/t12-,13-/m1/s1. The number of benzene rings is 1. The molecule has 2 rings (SSSR count). The van der Waals surface area contributed by atoms with E-state index in [2.05, 4.69) is 0 Å². The number of rotatable bonds is 4. The fourth-order valence-corrected chi connectivity index (χ4v) is 2.60. The lowest BCUT2D eigenvalue weighted by Crippen LogP contribution is -2.49. The maximum Gasteiger partial charge on any atom is 0.416 e. The molecule has 1 aliphatic heterocycles. The zero-order chi connectivity index (χ0) is 19.3. The molecule has 0 bridgehead atoms. The zero-order valence-corrected chi connectivity index (χ0v) is 14.5. The predicted molar refractivity (Wildman–Crippen MR) is 88.0 cm³/mol. The Morgan fingerprint density at radius 2 is 1.77 bits per heavy atom. The highest BCUT2D eigenvalue weighted by atomic mass is 19.4. The van der Waals surface area contributed by atoms with Gasteiger partial charge in [-0.25, -0.2) is 4.79 Å². The summed E-state index contributed by atoms with van der Waals surface area (Å²) in [5.41, 5.74) is -0.353. The van der Waals surface area contributed by atoms with Gasteiger partial charge in [-0.2, -0.15) is 13.2 Å². The summed E-state index contributed by atoms with van der Waals surface area (Å²) in [5, 5.41) is 0. The largest absolute Gasteiger partial charge is 0.452 e. The van der Waals surface area contributed by atoms with Gasteiger partial charge in [0.2, 0.25) is 0 Å². The van der Waals surface area contributed by atoms with Crippen LogP contribution in [0.1, 0.15) is 25.0 Å². The van der Waals surface area contributed by atoms with E-state index in [0.717, 1.165) is 18.2 Å². The van der Waals surface area contributed by atoms with Gasteiger partial charge in [0.25, 0.3) is 5.91 Å². The number of morpholine rings is 1. The van der Waals surface area contributed by atoms with Crippen molar-refractivity contribution in [3.05, 3.63) is 41.5 Å². The summed E-state index contributed by atoms with van der Waals surface area (Å²) in [4.78, 5) is 25.3. The molecule has 0 N–H and O–H groups in total. The van der Waals surface area contributed by atoms with Crippen molar-refractivity contribution in [1.29, 1.82) is 0 Å². The van der Waals surface area contributed by atoms with Crippen molar-refractivity contribution in [1.82, 2.24) is 4.90 Å². The Bertz CT molecular complexity index is 660. The van der Waals surface area contributed by atoms with Crippen LogP contribution in [0.15, 0.2) is 30.3 Å². The Labute approximate surface area is 149 Å². The van der Waals surface area contributed by atoms with Crippen molar-refractivity contribution in [2.75, 3.05) is 19.7 Å². The first-order chi connectivity index (χ1) is 12.1. The van der Waals surface area contributed by atoms with Crippen LogP contribution in [0.2, 0.25) is 0 Å². The van der Waals surface area contributed by atoms with Crippen molar-refractivity contribution < 1.29 is 32.2 Å². The van der Waals surface area contributed by atoms with Crippen molar-refractivity contribution in [2.24, 2.45) is 0 Å². The van der Waals surface area contributed by atoms with Crippen molar-refractivity contribution in [3.8, 4) is 0 Å². The Balaban J connectivity index is 1.82. The molecule has 1 fully saturated rings. The monoisotopic (exact) mass is 371 g/mol. The number of alkyl halides is 3. The molecule has 0 radical (unpaired) electrons. The number of amides is 1. The molecule has 0 aromatic heterocycles. The lowest BCUT2D eigenvalue weighted by molar-refractivity contribution is -0.154. The fraction of sp³-hybridized carbons (Fsp3) is 0.444. The maximum absolute atomic E-state index is 12.5. The van der Waals surface area contributed by atoms with E-state index in [1.165, 1.54) is 18.2 Å². The molecule has 26 heavy (non-hydrogen) atoms. The summed E-state index contributed by atoms with van der Waals surface area (Å²) in [6, 6.07) is 4.34. The molecule has 1 aromatic carbocycles. The van der Waals surface area contributed by atoms with Crippen LogP contribution in [-0.4, -0.2) is 48.7 Å². The van der Waals surface area contributed by atoms with Gasteiger partial charge in [-0.3, -0.25) is 4.79 Å². The van der Waals surface area contributed by atoms with Gasteiger partial charge in [0.15, 0.2) is 6.61 Å². The van der Waals surface area contributed by atoms with Crippen molar-refractivity contribution in [3.63, 3.8) is 0 Å². The van der Waals surface area contributed by atoms with Gasteiger partial charge >= 0.3 is 12.1 Å². The van der Waals surface area contributed by atoms with Gasteiger partial charge in [0, 0.05) is 19.2 Å². The maximum atomic E-state index is 12.5. The summed E-state index contributed by atoms with van der Waals surface area (Å²) in [6.45, 7) is 4.18.